The van der Waals surface area contributed by atoms with Gasteiger partial charge in [-0.25, -0.2) is 0 Å². The third kappa shape index (κ3) is 3.82. The van der Waals surface area contributed by atoms with Gasteiger partial charge in [0.05, 0.1) is 22.7 Å². The first-order valence-corrected chi connectivity index (χ1v) is 9.59. The minimum Gasteiger partial charge on any atom is -0.507 e. The van der Waals surface area contributed by atoms with Crippen molar-refractivity contribution >= 4 is 28.5 Å². The number of aryl methyl sites for hydroxylation is 2. The number of fused-ring (bicyclic) bond motifs is 1. The van der Waals surface area contributed by atoms with E-state index in [0.717, 1.165) is 38.7 Å². The van der Waals surface area contributed by atoms with E-state index in [1.165, 1.54) is 0 Å². The molecule has 0 aliphatic carbocycles. The monoisotopic (exact) mass is 406 g/mol. The van der Waals surface area contributed by atoms with E-state index in [0.29, 0.717) is 17.1 Å². The van der Waals surface area contributed by atoms with E-state index in [4.69, 9.17) is 16.7 Å². The molecule has 1 heterocycles. The van der Waals surface area contributed by atoms with Crippen LogP contribution in [0.5, 0.6) is 5.75 Å². The number of hydrogen-bond acceptors (Lipinski definition) is 3. The number of rotatable bonds is 5. The number of carboxylic acid groups (broad SMARTS) is 1. The second-order valence-electron chi connectivity index (χ2n) is 7.04. The SMILES string of the molecule is Cc1ccc(-c2ccc(-c3cc4c(CCC(=O)O)n[nH]c4cc3Cl)cc2)c(O)c1. The second kappa shape index (κ2) is 7.60. The quantitative estimate of drug-likeness (QED) is 0.403. The number of halogens is 1. The number of benzene rings is 3. The van der Waals surface area contributed by atoms with Gasteiger partial charge in [0.1, 0.15) is 5.75 Å². The number of aromatic amines is 1. The number of aromatic hydroxyl groups is 1. The summed E-state index contributed by atoms with van der Waals surface area (Å²) in [7, 11) is 0. The summed E-state index contributed by atoms with van der Waals surface area (Å²) in [6.45, 7) is 1.94. The third-order valence-corrected chi connectivity index (χ3v) is 5.28. The van der Waals surface area contributed by atoms with Crippen LogP contribution in [0.4, 0.5) is 0 Å². The molecule has 3 aromatic carbocycles. The molecule has 0 atom stereocenters. The average Bonchev–Trinajstić information content (AvgIpc) is 3.07. The summed E-state index contributed by atoms with van der Waals surface area (Å²) in [6.07, 6.45) is 0.370. The fourth-order valence-corrected chi connectivity index (χ4v) is 3.72. The Morgan fingerprint density at radius 2 is 1.72 bits per heavy atom. The van der Waals surface area contributed by atoms with Crippen molar-refractivity contribution in [1.82, 2.24) is 10.2 Å². The highest BCUT2D eigenvalue weighted by Gasteiger charge is 2.13. The van der Waals surface area contributed by atoms with Crippen LogP contribution in [0.1, 0.15) is 17.7 Å². The van der Waals surface area contributed by atoms with E-state index < -0.39 is 5.97 Å². The van der Waals surface area contributed by atoms with Gasteiger partial charge in [-0.15, -0.1) is 0 Å². The van der Waals surface area contributed by atoms with Crippen LogP contribution in [-0.2, 0) is 11.2 Å². The molecule has 3 N–H and O–H groups in total. The molecule has 0 bridgehead atoms. The Hall–Kier alpha value is -3.31. The van der Waals surface area contributed by atoms with Crippen LogP contribution >= 0.6 is 11.6 Å². The van der Waals surface area contributed by atoms with Crippen LogP contribution in [0.15, 0.2) is 54.6 Å². The topological polar surface area (TPSA) is 86.2 Å². The van der Waals surface area contributed by atoms with E-state index in [-0.39, 0.29) is 12.2 Å². The highest BCUT2D eigenvalue weighted by molar-refractivity contribution is 6.34. The van der Waals surface area contributed by atoms with E-state index in [1.807, 2.05) is 55.5 Å². The minimum atomic E-state index is -0.856. The summed E-state index contributed by atoms with van der Waals surface area (Å²) in [4.78, 5) is 10.9. The van der Waals surface area contributed by atoms with Crippen molar-refractivity contribution in [1.29, 1.82) is 0 Å². The second-order valence-corrected chi connectivity index (χ2v) is 7.45. The summed E-state index contributed by atoms with van der Waals surface area (Å²) in [5.74, 6) is -0.607. The molecule has 0 unspecified atom stereocenters. The summed E-state index contributed by atoms with van der Waals surface area (Å²) >= 11 is 6.49. The molecule has 4 rings (SSSR count). The number of carbonyl (C=O) groups is 1. The predicted molar refractivity (Wildman–Crippen MR) is 114 cm³/mol. The number of phenolic OH excluding ortho intramolecular Hbond substituents is 1. The van der Waals surface area contributed by atoms with E-state index in [2.05, 4.69) is 10.2 Å². The number of aromatic nitrogens is 2. The van der Waals surface area contributed by atoms with Crippen LogP contribution in [-0.4, -0.2) is 26.4 Å². The molecule has 6 heteroatoms. The van der Waals surface area contributed by atoms with Crippen LogP contribution in [0, 0.1) is 6.92 Å². The highest BCUT2D eigenvalue weighted by Crippen LogP contribution is 2.35. The van der Waals surface area contributed by atoms with Gasteiger partial charge in [-0.05, 0) is 41.8 Å². The maximum atomic E-state index is 10.9. The molecule has 5 nitrogen and oxygen atoms in total. The van der Waals surface area contributed by atoms with Gasteiger partial charge in [-0.3, -0.25) is 9.89 Å². The number of nitrogens with one attached hydrogen (secondary N) is 1. The maximum absolute atomic E-state index is 10.9. The van der Waals surface area contributed by atoms with Crippen LogP contribution < -0.4 is 0 Å². The lowest BCUT2D eigenvalue weighted by atomic mass is 9.98. The molecule has 0 amide bonds. The number of aliphatic carboxylic acids is 1. The van der Waals surface area contributed by atoms with Gasteiger partial charge in [-0.2, -0.15) is 5.10 Å². The van der Waals surface area contributed by atoms with Crippen LogP contribution in [0.25, 0.3) is 33.2 Å². The summed E-state index contributed by atoms with van der Waals surface area (Å²) in [5, 5.41) is 27.8. The number of nitrogens with zero attached hydrogens (tertiary/aromatic N) is 1. The van der Waals surface area contributed by atoms with E-state index in [1.54, 1.807) is 6.07 Å². The van der Waals surface area contributed by atoms with Crippen molar-refractivity contribution in [3.05, 3.63) is 70.9 Å². The van der Waals surface area contributed by atoms with Crippen LogP contribution in [0.3, 0.4) is 0 Å². The normalized spacial score (nSPS) is 11.1. The third-order valence-electron chi connectivity index (χ3n) is 4.97. The lowest BCUT2D eigenvalue weighted by Crippen LogP contribution is -1.98. The fraction of sp³-hybridized carbons (Fsp3) is 0.130. The van der Waals surface area contributed by atoms with Gasteiger partial charge in [0.2, 0.25) is 0 Å². The molecular formula is C23H19ClN2O3. The molecule has 1 aromatic heterocycles. The highest BCUT2D eigenvalue weighted by atomic mass is 35.5. The molecule has 29 heavy (non-hydrogen) atoms. The van der Waals surface area contributed by atoms with Crippen molar-refractivity contribution in [3.8, 4) is 28.0 Å². The Morgan fingerprint density at radius 3 is 2.38 bits per heavy atom. The number of phenols is 1. The Labute approximate surface area is 172 Å². The first-order chi connectivity index (χ1) is 13.9. The fourth-order valence-electron chi connectivity index (χ4n) is 3.44. The molecule has 4 aromatic rings. The molecule has 0 aliphatic rings. The summed E-state index contributed by atoms with van der Waals surface area (Å²) < 4.78 is 0. The van der Waals surface area contributed by atoms with Gasteiger partial charge in [0.25, 0.3) is 0 Å². The molecule has 146 valence electrons. The maximum Gasteiger partial charge on any atom is 0.303 e. The summed E-state index contributed by atoms with van der Waals surface area (Å²) in [5.41, 5.74) is 5.95. The van der Waals surface area contributed by atoms with E-state index in [9.17, 15) is 9.90 Å². The predicted octanol–water partition coefficient (Wildman–Crippen LogP) is 5.58. The van der Waals surface area contributed by atoms with Gasteiger partial charge in [0.15, 0.2) is 0 Å². The molecule has 0 spiro atoms. The van der Waals surface area contributed by atoms with Crippen LogP contribution in [0.2, 0.25) is 5.02 Å². The smallest absolute Gasteiger partial charge is 0.303 e. The zero-order valence-corrected chi connectivity index (χ0v) is 16.5. The van der Waals surface area contributed by atoms with E-state index >= 15 is 0 Å². The minimum absolute atomic E-state index is 0.0205. The molecule has 0 radical (unpaired) electrons. The van der Waals surface area contributed by atoms with Crippen molar-refractivity contribution in [2.45, 2.75) is 19.8 Å². The zero-order chi connectivity index (χ0) is 20.5. The Balaban J connectivity index is 1.71. The first kappa shape index (κ1) is 19.0. The standard InChI is InChI=1S/C23H19ClN2O3/c1-13-2-7-16(22(27)10-13)14-3-5-15(6-4-14)17-11-18-20(8-9-23(28)29)25-26-21(18)12-19(17)24/h2-7,10-12,27H,8-9H2,1H3,(H,25,26)(H,28,29). The van der Waals surface area contributed by atoms with Gasteiger partial charge >= 0.3 is 5.97 Å². The van der Waals surface area contributed by atoms with Crippen molar-refractivity contribution in [2.75, 3.05) is 0 Å². The van der Waals surface area contributed by atoms with Crippen molar-refractivity contribution < 1.29 is 15.0 Å². The first-order valence-electron chi connectivity index (χ1n) is 9.21. The molecule has 0 fully saturated rings. The number of hydrogen-bond donors (Lipinski definition) is 3. The van der Waals surface area contributed by atoms with Crippen molar-refractivity contribution in [2.24, 2.45) is 0 Å². The molecule has 0 aliphatic heterocycles. The molecule has 0 saturated heterocycles. The van der Waals surface area contributed by atoms with Gasteiger partial charge in [-0.1, -0.05) is 48.0 Å². The van der Waals surface area contributed by atoms with Gasteiger partial charge < -0.3 is 10.2 Å². The Morgan fingerprint density at radius 1 is 1.03 bits per heavy atom. The molecular weight excluding hydrogens is 388 g/mol. The Kier molecular flexibility index (Phi) is 4.99. The Bertz CT molecular complexity index is 1210. The molecule has 0 saturated carbocycles. The largest absolute Gasteiger partial charge is 0.507 e. The van der Waals surface area contributed by atoms with Gasteiger partial charge in [0, 0.05) is 22.9 Å². The summed E-state index contributed by atoms with van der Waals surface area (Å²) in [6, 6.07) is 17.2. The van der Waals surface area contributed by atoms with Crippen molar-refractivity contribution in [3.63, 3.8) is 0 Å². The zero-order valence-electron chi connectivity index (χ0n) is 15.7. The lowest BCUT2D eigenvalue weighted by Gasteiger charge is -2.09. The number of carboxylic acids is 1. The average molecular weight is 407 g/mol. The lowest BCUT2D eigenvalue weighted by molar-refractivity contribution is -0.136. The number of H-pyrrole nitrogens is 1.